The van der Waals surface area contributed by atoms with Gasteiger partial charge in [-0.25, -0.2) is 4.98 Å². The van der Waals surface area contributed by atoms with Gasteiger partial charge >= 0.3 is 0 Å². The third-order valence-electron chi connectivity index (χ3n) is 5.05. The molecule has 0 spiro atoms. The third kappa shape index (κ3) is 5.30. The second kappa shape index (κ2) is 10.2. The van der Waals surface area contributed by atoms with Crippen LogP contribution in [0, 0.1) is 0 Å². The van der Waals surface area contributed by atoms with E-state index in [4.69, 9.17) is 23.2 Å². The molecule has 1 unspecified atom stereocenters. The zero-order valence-electron chi connectivity index (χ0n) is 17.3. The number of thiazole rings is 1. The number of amides is 1. The minimum Gasteiger partial charge on any atom is -0.331 e. The van der Waals surface area contributed by atoms with E-state index in [0.29, 0.717) is 10.0 Å². The highest BCUT2D eigenvalue weighted by Crippen LogP contribution is 2.31. The van der Waals surface area contributed by atoms with E-state index >= 15 is 0 Å². The van der Waals surface area contributed by atoms with Gasteiger partial charge in [0.15, 0.2) is 5.13 Å². The molecule has 4 nitrogen and oxygen atoms in total. The number of carbonyl (C=O) groups is 1. The number of hydrogen-bond donors (Lipinski definition) is 2. The molecule has 0 aliphatic carbocycles. The van der Waals surface area contributed by atoms with Crippen LogP contribution in [0.2, 0.25) is 10.0 Å². The van der Waals surface area contributed by atoms with Crippen molar-refractivity contribution in [1.29, 1.82) is 0 Å². The van der Waals surface area contributed by atoms with Crippen molar-refractivity contribution < 1.29 is 4.79 Å². The molecule has 3 aromatic carbocycles. The van der Waals surface area contributed by atoms with E-state index < -0.39 is 0 Å². The predicted molar refractivity (Wildman–Crippen MR) is 135 cm³/mol. The molecule has 1 atom stereocenters. The molecule has 32 heavy (non-hydrogen) atoms. The van der Waals surface area contributed by atoms with Crippen molar-refractivity contribution in [1.82, 2.24) is 4.98 Å². The Kier molecular flexibility index (Phi) is 7.10. The number of carbonyl (C=O) groups excluding carboxylic acids is 1. The fraction of sp³-hybridized carbons (Fsp3) is 0.120. The van der Waals surface area contributed by atoms with Gasteiger partial charge in [0.2, 0.25) is 5.91 Å². The average molecular weight is 482 g/mol. The van der Waals surface area contributed by atoms with Crippen LogP contribution < -0.4 is 10.6 Å². The topological polar surface area (TPSA) is 54.0 Å². The van der Waals surface area contributed by atoms with E-state index in [0.717, 1.165) is 39.7 Å². The van der Waals surface area contributed by atoms with E-state index in [1.54, 1.807) is 12.1 Å². The van der Waals surface area contributed by atoms with Gasteiger partial charge in [0.1, 0.15) is 0 Å². The van der Waals surface area contributed by atoms with Crippen molar-refractivity contribution in [3.63, 3.8) is 0 Å². The molecule has 0 aliphatic heterocycles. The van der Waals surface area contributed by atoms with E-state index in [9.17, 15) is 4.79 Å². The first-order valence-electron chi connectivity index (χ1n) is 10.2. The lowest BCUT2D eigenvalue weighted by atomic mass is 9.95. The van der Waals surface area contributed by atoms with Gasteiger partial charge in [0.25, 0.3) is 0 Å². The summed E-state index contributed by atoms with van der Waals surface area (Å²) in [5.41, 5.74) is 4.43. The Balaban J connectivity index is 1.42. The fourth-order valence-electron chi connectivity index (χ4n) is 3.37. The number of aromatic nitrogens is 1. The summed E-state index contributed by atoms with van der Waals surface area (Å²) < 4.78 is 0. The van der Waals surface area contributed by atoms with Crippen molar-refractivity contribution >= 4 is 57.0 Å². The molecule has 0 aliphatic rings. The molecule has 7 heteroatoms. The molecule has 1 aromatic heterocycles. The molecule has 0 saturated carbocycles. The molecule has 1 amide bonds. The van der Waals surface area contributed by atoms with E-state index in [2.05, 4.69) is 15.6 Å². The lowest BCUT2D eigenvalue weighted by Crippen LogP contribution is -2.20. The first-order chi connectivity index (χ1) is 15.5. The summed E-state index contributed by atoms with van der Waals surface area (Å²) in [4.78, 5) is 17.4. The maximum Gasteiger partial charge on any atom is 0.231 e. The van der Waals surface area contributed by atoms with Crippen LogP contribution in [0.3, 0.4) is 0 Å². The number of anilines is 3. The van der Waals surface area contributed by atoms with Crippen LogP contribution in [0.25, 0.3) is 11.3 Å². The minimum absolute atomic E-state index is 0.00628. The first-order valence-corrected chi connectivity index (χ1v) is 11.8. The smallest absolute Gasteiger partial charge is 0.231 e. The monoisotopic (exact) mass is 481 g/mol. The molecule has 2 N–H and O–H groups in total. The van der Waals surface area contributed by atoms with Crippen LogP contribution in [0.15, 0.2) is 78.2 Å². The van der Waals surface area contributed by atoms with Crippen molar-refractivity contribution in [2.24, 2.45) is 0 Å². The number of hydrogen-bond acceptors (Lipinski definition) is 4. The largest absolute Gasteiger partial charge is 0.331 e. The van der Waals surface area contributed by atoms with Crippen LogP contribution in [-0.2, 0) is 4.79 Å². The second-order valence-electron chi connectivity index (χ2n) is 7.23. The van der Waals surface area contributed by atoms with Gasteiger partial charge in [-0.15, -0.1) is 11.3 Å². The highest BCUT2D eigenvalue weighted by Gasteiger charge is 2.18. The average Bonchev–Trinajstić information content (AvgIpc) is 3.26. The Hall–Kier alpha value is -2.86. The summed E-state index contributed by atoms with van der Waals surface area (Å²) in [5, 5.41) is 10.0. The quantitative estimate of drug-likeness (QED) is 0.281. The van der Waals surface area contributed by atoms with Crippen LogP contribution in [0.4, 0.5) is 16.5 Å². The SMILES string of the molecule is CCC(C(=O)Nc1ccc(-c2csc(Nc3ccc(Cl)c(Cl)c3)n2)cc1)c1ccccc1. The standard InChI is InChI=1S/C25H21Cl2N3OS/c1-2-20(16-6-4-3-5-7-16)24(31)28-18-10-8-17(9-11-18)23-15-32-25(30-23)29-19-12-13-21(26)22(27)14-19/h3-15,20H,2H2,1H3,(H,28,31)(H,29,30). The molecular weight excluding hydrogens is 461 g/mol. The molecule has 162 valence electrons. The van der Waals surface area contributed by atoms with Crippen molar-refractivity contribution in [3.05, 3.63) is 93.8 Å². The molecule has 0 saturated heterocycles. The Morgan fingerprint density at radius 2 is 1.69 bits per heavy atom. The van der Waals surface area contributed by atoms with E-state index in [1.807, 2.05) is 73.0 Å². The van der Waals surface area contributed by atoms with E-state index in [1.165, 1.54) is 11.3 Å². The molecule has 4 aromatic rings. The van der Waals surface area contributed by atoms with Gasteiger partial charge in [0, 0.05) is 22.3 Å². The van der Waals surface area contributed by atoms with E-state index in [-0.39, 0.29) is 11.8 Å². The second-order valence-corrected chi connectivity index (χ2v) is 8.90. The molecule has 0 fully saturated rings. The maximum atomic E-state index is 12.8. The molecular formula is C25H21Cl2N3OS. The van der Waals surface area contributed by atoms with Crippen LogP contribution >= 0.6 is 34.5 Å². The molecule has 4 rings (SSSR count). The normalized spacial score (nSPS) is 11.7. The third-order valence-corrected chi connectivity index (χ3v) is 6.55. The summed E-state index contributed by atoms with van der Waals surface area (Å²) >= 11 is 13.5. The Morgan fingerprint density at radius 3 is 2.38 bits per heavy atom. The summed E-state index contributed by atoms with van der Waals surface area (Å²) in [5.74, 6) is -0.183. The van der Waals surface area contributed by atoms with Gasteiger partial charge in [-0.05, 0) is 42.3 Å². The number of halogens is 2. The Morgan fingerprint density at radius 1 is 0.969 bits per heavy atom. The van der Waals surface area contributed by atoms with Gasteiger partial charge in [0.05, 0.1) is 21.7 Å². The molecule has 0 radical (unpaired) electrons. The Labute approximate surface area is 201 Å². The lowest BCUT2D eigenvalue weighted by molar-refractivity contribution is -0.117. The maximum absolute atomic E-state index is 12.8. The van der Waals surface area contributed by atoms with Crippen LogP contribution in [0.1, 0.15) is 24.8 Å². The number of nitrogens with zero attached hydrogens (tertiary/aromatic N) is 1. The summed E-state index contributed by atoms with van der Waals surface area (Å²) in [6, 6.07) is 22.9. The molecule has 1 heterocycles. The van der Waals surface area contributed by atoms with Gasteiger partial charge in [-0.2, -0.15) is 0 Å². The number of benzene rings is 3. The highest BCUT2D eigenvalue weighted by atomic mass is 35.5. The summed E-state index contributed by atoms with van der Waals surface area (Å²) in [6.45, 7) is 2.02. The minimum atomic E-state index is -0.176. The highest BCUT2D eigenvalue weighted by molar-refractivity contribution is 7.14. The van der Waals surface area contributed by atoms with Crippen molar-refractivity contribution in [3.8, 4) is 11.3 Å². The predicted octanol–water partition coefficient (Wildman–Crippen LogP) is 7.99. The zero-order valence-corrected chi connectivity index (χ0v) is 19.6. The van der Waals surface area contributed by atoms with Crippen LogP contribution in [0.5, 0.6) is 0 Å². The van der Waals surface area contributed by atoms with Crippen molar-refractivity contribution in [2.75, 3.05) is 10.6 Å². The van der Waals surface area contributed by atoms with Gasteiger partial charge in [-0.3, -0.25) is 4.79 Å². The summed E-state index contributed by atoms with van der Waals surface area (Å²) in [7, 11) is 0. The Bertz CT molecular complexity index is 1210. The van der Waals surface area contributed by atoms with Crippen LogP contribution in [-0.4, -0.2) is 10.9 Å². The summed E-state index contributed by atoms with van der Waals surface area (Å²) in [6.07, 6.45) is 0.737. The van der Waals surface area contributed by atoms with Gasteiger partial charge in [-0.1, -0.05) is 72.6 Å². The number of nitrogens with one attached hydrogen (secondary N) is 2. The lowest BCUT2D eigenvalue weighted by Gasteiger charge is -2.15. The number of rotatable bonds is 7. The fourth-order valence-corrected chi connectivity index (χ4v) is 4.41. The van der Waals surface area contributed by atoms with Crippen molar-refractivity contribution in [2.45, 2.75) is 19.3 Å². The molecule has 0 bridgehead atoms. The first kappa shape index (κ1) is 22.3. The zero-order chi connectivity index (χ0) is 22.5. The van der Waals surface area contributed by atoms with Gasteiger partial charge < -0.3 is 10.6 Å².